The second-order valence-electron chi connectivity index (χ2n) is 6.80. The molecule has 0 aromatic heterocycles. The van der Waals surface area contributed by atoms with E-state index in [0.717, 1.165) is 25.7 Å². The van der Waals surface area contributed by atoms with Crippen molar-refractivity contribution in [2.45, 2.75) is 25.7 Å². The van der Waals surface area contributed by atoms with Gasteiger partial charge in [-0.25, -0.2) is 0 Å². The molecule has 0 spiro atoms. The maximum absolute atomic E-state index is 12.5. The largest absolute Gasteiger partial charge is 0.481 e. The molecular formula is C16H23NO4. The lowest BCUT2D eigenvalue weighted by Gasteiger charge is -2.25. The molecule has 2 bridgehead atoms. The lowest BCUT2D eigenvalue weighted by Crippen LogP contribution is -2.42. The average Bonchev–Trinajstić information content (AvgIpc) is 2.93. The Balaban J connectivity index is 1.58. The van der Waals surface area contributed by atoms with Crippen molar-refractivity contribution < 1.29 is 19.4 Å². The van der Waals surface area contributed by atoms with E-state index in [1.165, 1.54) is 0 Å². The molecule has 5 nitrogen and oxygen atoms in total. The number of rotatable bonds is 7. The molecule has 116 valence electrons. The summed E-state index contributed by atoms with van der Waals surface area (Å²) < 4.78 is 5.11. The number of carboxylic acids is 1. The molecule has 3 aliphatic rings. The summed E-state index contributed by atoms with van der Waals surface area (Å²) in [7, 11) is 1.69. The number of carbonyl (C=O) groups excluding carboxylic acids is 1. The van der Waals surface area contributed by atoms with E-state index in [1.54, 1.807) is 7.11 Å². The van der Waals surface area contributed by atoms with Gasteiger partial charge < -0.3 is 15.2 Å². The molecule has 2 saturated carbocycles. The predicted molar refractivity (Wildman–Crippen MR) is 76.5 cm³/mol. The normalized spacial score (nSPS) is 34.9. The number of ether oxygens (including phenoxy) is 1. The molecule has 2 N–H and O–H groups in total. The number of nitrogens with one attached hydrogen (secondary N) is 1. The lowest BCUT2D eigenvalue weighted by molar-refractivity contribution is -0.147. The summed E-state index contributed by atoms with van der Waals surface area (Å²) in [6.45, 7) is 1.36. The summed E-state index contributed by atoms with van der Waals surface area (Å²) >= 11 is 0. The average molecular weight is 293 g/mol. The number of carboxylic acid groups (broad SMARTS) is 1. The van der Waals surface area contributed by atoms with Crippen LogP contribution in [0, 0.1) is 29.1 Å². The van der Waals surface area contributed by atoms with Crippen molar-refractivity contribution in [2.75, 3.05) is 20.3 Å². The predicted octanol–water partition coefficient (Wildman–Crippen LogP) is 1.44. The van der Waals surface area contributed by atoms with Gasteiger partial charge in [0.1, 0.15) is 0 Å². The molecule has 3 rings (SSSR count). The molecule has 0 radical (unpaired) electrons. The van der Waals surface area contributed by atoms with Crippen LogP contribution in [0.4, 0.5) is 0 Å². The highest BCUT2D eigenvalue weighted by Crippen LogP contribution is 2.50. The molecular weight excluding hydrogens is 270 g/mol. The lowest BCUT2D eigenvalue weighted by atomic mass is 9.82. The molecule has 21 heavy (non-hydrogen) atoms. The Hall–Kier alpha value is -1.36. The smallest absolute Gasteiger partial charge is 0.307 e. The SMILES string of the molecule is COCCC1(CNC(=O)[C@H]2C3C=CC(C3)[C@H]2C(=O)O)CC1. The van der Waals surface area contributed by atoms with Gasteiger partial charge >= 0.3 is 5.97 Å². The van der Waals surface area contributed by atoms with E-state index in [2.05, 4.69) is 5.32 Å². The molecule has 0 aromatic carbocycles. The van der Waals surface area contributed by atoms with Crippen LogP contribution in [0.5, 0.6) is 0 Å². The first kappa shape index (κ1) is 14.6. The topological polar surface area (TPSA) is 75.6 Å². The number of hydrogen-bond acceptors (Lipinski definition) is 3. The summed E-state index contributed by atoms with van der Waals surface area (Å²) in [6.07, 6.45) is 8.00. The molecule has 0 aromatic rings. The summed E-state index contributed by atoms with van der Waals surface area (Å²) in [6, 6.07) is 0. The van der Waals surface area contributed by atoms with E-state index in [9.17, 15) is 14.7 Å². The molecule has 2 unspecified atom stereocenters. The highest BCUT2D eigenvalue weighted by molar-refractivity contribution is 5.86. The summed E-state index contributed by atoms with van der Waals surface area (Å²) in [5, 5.41) is 12.4. The third kappa shape index (κ3) is 2.71. The minimum absolute atomic E-state index is 0.0339. The van der Waals surface area contributed by atoms with E-state index >= 15 is 0 Å². The standard InChI is InChI=1S/C16H23NO4/c1-21-7-6-16(4-5-16)9-17-14(18)12-10-2-3-11(8-10)13(12)15(19)20/h2-3,10-13H,4-9H2,1H3,(H,17,18)(H,19,20)/t10?,11?,12-,13+/m0/s1. The van der Waals surface area contributed by atoms with Gasteiger partial charge in [-0.2, -0.15) is 0 Å². The second-order valence-corrected chi connectivity index (χ2v) is 6.80. The molecule has 0 saturated heterocycles. The van der Waals surface area contributed by atoms with Crippen molar-refractivity contribution in [3.63, 3.8) is 0 Å². The zero-order valence-corrected chi connectivity index (χ0v) is 12.4. The molecule has 0 aliphatic heterocycles. The number of aliphatic carboxylic acids is 1. The fourth-order valence-electron chi connectivity index (χ4n) is 3.92. The molecule has 5 heteroatoms. The van der Waals surface area contributed by atoms with E-state index in [0.29, 0.717) is 13.2 Å². The van der Waals surface area contributed by atoms with Crippen molar-refractivity contribution in [3.8, 4) is 0 Å². The van der Waals surface area contributed by atoms with Crippen molar-refractivity contribution in [2.24, 2.45) is 29.1 Å². The Kier molecular flexibility index (Phi) is 3.78. The monoisotopic (exact) mass is 293 g/mol. The first-order chi connectivity index (χ1) is 10.1. The summed E-state index contributed by atoms with van der Waals surface area (Å²) in [5.74, 6) is -1.72. The fraction of sp³-hybridized carbons (Fsp3) is 0.750. The first-order valence-electron chi connectivity index (χ1n) is 7.74. The molecule has 4 atom stereocenters. The maximum atomic E-state index is 12.5. The van der Waals surface area contributed by atoms with Crippen LogP contribution in [0.2, 0.25) is 0 Å². The van der Waals surface area contributed by atoms with Gasteiger partial charge in [0.15, 0.2) is 0 Å². The molecule has 1 amide bonds. The fourth-order valence-corrected chi connectivity index (χ4v) is 3.92. The Morgan fingerprint density at radius 2 is 1.95 bits per heavy atom. The third-order valence-electron chi connectivity index (χ3n) is 5.48. The minimum atomic E-state index is -0.840. The molecule has 3 aliphatic carbocycles. The summed E-state index contributed by atoms with van der Waals surface area (Å²) in [4.78, 5) is 23.9. The Bertz CT molecular complexity index is 469. The number of allylic oxidation sites excluding steroid dienone is 2. The van der Waals surface area contributed by atoms with Crippen molar-refractivity contribution in [1.82, 2.24) is 5.32 Å². The van der Waals surface area contributed by atoms with Crippen molar-refractivity contribution in [1.29, 1.82) is 0 Å². The zero-order chi connectivity index (χ0) is 15.0. The number of fused-ring (bicyclic) bond motifs is 2. The van der Waals surface area contributed by atoms with E-state index in [1.807, 2.05) is 12.2 Å². The van der Waals surface area contributed by atoms with Gasteiger partial charge in [-0.1, -0.05) is 12.2 Å². The van der Waals surface area contributed by atoms with Gasteiger partial charge in [0.25, 0.3) is 0 Å². The Labute approximate surface area is 124 Å². The Morgan fingerprint density at radius 1 is 1.29 bits per heavy atom. The number of amides is 1. The van der Waals surface area contributed by atoms with Gasteiger partial charge in [0, 0.05) is 20.3 Å². The highest BCUT2D eigenvalue weighted by atomic mass is 16.5. The van der Waals surface area contributed by atoms with Crippen LogP contribution in [0.1, 0.15) is 25.7 Å². The van der Waals surface area contributed by atoms with Crippen LogP contribution < -0.4 is 5.32 Å². The van der Waals surface area contributed by atoms with Crippen LogP contribution in [0.3, 0.4) is 0 Å². The molecule has 2 fully saturated rings. The van der Waals surface area contributed by atoms with E-state index in [4.69, 9.17) is 4.74 Å². The first-order valence-corrected chi connectivity index (χ1v) is 7.74. The quantitative estimate of drug-likeness (QED) is 0.697. The van der Waals surface area contributed by atoms with Crippen LogP contribution in [-0.4, -0.2) is 37.2 Å². The van der Waals surface area contributed by atoms with Crippen molar-refractivity contribution >= 4 is 11.9 Å². The number of hydrogen-bond donors (Lipinski definition) is 2. The van der Waals surface area contributed by atoms with Crippen molar-refractivity contribution in [3.05, 3.63) is 12.2 Å². The van der Waals surface area contributed by atoms with E-state index < -0.39 is 17.8 Å². The van der Waals surface area contributed by atoms with Crippen LogP contribution >= 0.6 is 0 Å². The van der Waals surface area contributed by atoms with Gasteiger partial charge in [-0.15, -0.1) is 0 Å². The minimum Gasteiger partial charge on any atom is -0.481 e. The van der Waals surface area contributed by atoms with Gasteiger partial charge in [0.2, 0.25) is 5.91 Å². The van der Waals surface area contributed by atoms with Crippen LogP contribution in [-0.2, 0) is 14.3 Å². The Morgan fingerprint density at radius 3 is 2.52 bits per heavy atom. The molecule has 0 heterocycles. The summed E-state index contributed by atoms with van der Waals surface area (Å²) in [5.41, 5.74) is 0.192. The second kappa shape index (κ2) is 5.44. The number of carbonyl (C=O) groups is 2. The highest BCUT2D eigenvalue weighted by Gasteiger charge is 2.52. The van der Waals surface area contributed by atoms with Crippen LogP contribution in [0.15, 0.2) is 12.2 Å². The van der Waals surface area contributed by atoms with E-state index in [-0.39, 0.29) is 23.2 Å². The van der Waals surface area contributed by atoms with Gasteiger partial charge in [0.05, 0.1) is 11.8 Å². The van der Waals surface area contributed by atoms with Gasteiger partial charge in [-0.3, -0.25) is 9.59 Å². The number of methoxy groups -OCH3 is 1. The third-order valence-corrected chi connectivity index (χ3v) is 5.48. The zero-order valence-electron chi connectivity index (χ0n) is 12.4. The maximum Gasteiger partial charge on any atom is 0.307 e. The van der Waals surface area contributed by atoms with Crippen LogP contribution in [0.25, 0.3) is 0 Å². The van der Waals surface area contributed by atoms with Gasteiger partial charge in [-0.05, 0) is 42.9 Å².